The highest BCUT2D eigenvalue weighted by Crippen LogP contribution is 2.33. The Hall–Kier alpha value is -1.63. The van der Waals surface area contributed by atoms with Crippen molar-refractivity contribution in [3.05, 3.63) is 0 Å². The van der Waals surface area contributed by atoms with Gasteiger partial charge < -0.3 is 9.84 Å². The van der Waals surface area contributed by atoms with Crippen LogP contribution in [0.3, 0.4) is 0 Å². The summed E-state index contributed by atoms with van der Waals surface area (Å²) in [5.74, 6) is -1.32. The van der Waals surface area contributed by atoms with Crippen molar-refractivity contribution < 1.29 is 24.2 Å². The summed E-state index contributed by atoms with van der Waals surface area (Å²) in [6.45, 7) is 2.69. The zero-order chi connectivity index (χ0) is 13.8. The Kier molecular flexibility index (Phi) is 4.66. The lowest BCUT2D eigenvalue weighted by Gasteiger charge is -2.22. The fourth-order valence-corrected chi connectivity index (χ4v) is 2.12. The molecule has 1 atom stereocenters. The molecule has 1 unspecified atom stereocenters. The number of rotatable bonds is 4. The van der Waals surface area contributed by atoms with Gasteiger partial charge in [-0.1, -0.05) is 6.92 Å². The lowest BCUT2D eigenvalue weighted by atomic mass is 9.84. The Balaban J connectivity index is 2.50. The number of aliphatic carboxylic acids is 1. The molecule has 1 aliphatic heterocycles. The smallest absolute Gasteiger partial charge is 0.413 e. The molecule has 1 saturated heterocycles. The number of nitrogens with one attached hydrogen (secondary N) is 1. The molecule has 0 spiro atoms. The second kappa shape index (κ2) is 5.81. The second-order valence-electron chi connectivity index (χ2n) is 4.44. The topological polar surface area (TPSA) is 95.9 Å². The number of hydrogen-bond acceptors (Lipinski definition) is 5. The summed E-state index contributed by atoms with van der Waals surface area (Å²) in [7, 11) is 1.17. The van der Waals surface area contributed by atoms with Crippen LogP contribution in [-0.2, 0) is 14.3 Å². The maximum absolute atomic E-state index is 11.4. The molecule has 1 rings (SSSR count). The van der Waals surface area contributed by atoms with Crippen LogP contribution < -0.4 is 5.32 Å². The van der Waals surface area contributed by atoms with Gasteiger partial charge in [0.15, 0.2) is 0 Å². The first kappa shape index (κ1) is 14.4. The molecule has 0 aromatic carbocycles. The van der Waals surface area contributed by atoms with Crippen molar-refractivity contribution in [2.45, 2.75) is 19.8 Å². The zero-order valence-electron chi connectivity index (χ0n) is 10.6. The van der Waals surface area contributed by atoms with Crippen molar-refractivity contribution in [1.29, 1.82) is 0 Å². The van der Waals surface area contributed by atoms with Gasteiger partial charge in [-0.2, -0.15) is 0 Å². The number of hydrogen-bond donors (Lipinski definition) is 2. The van der Waals surface area contributed by atoms with Crippen molar-refractivity contribution in [3.63, 3.8) is 0 Å². The third-order valence-electron chi connectivity index (χ3n) is 3.36. The first-order valence-electron chi connectivity index (χ1n) is 5.77. The lowest BCUT2D eigenvalue weighted by Crippen LogP contribution is -2.41. The number of carboxylic acid groups (broad SMARTS) is 1. The summed E-state index contributed by atoms with van der Waals surface area (Å²) in [5.41, 5.74) is -0.772. The largest absolute Gasteiger partial charge is 0.481 e. The van der Waals surface area contributed by atoms with Crippen LogP contribution >= 0.6 is 0 Å². The molecule has 0 aromatic heterocycles. The van der Waals surface area contributed by atoms with Gasteiger partial charge in [-0.25, -0.2) is 4.79 Å². The first-order valence-corrected chi connectivity index (χ1v) is 5.77. The van der Waals surface area contributed by atoms with Crippen molar-refractivity contribution in [3.8, 4) is 0 Å². The van der Waals surface area contributed by atoms with E-state index >= 15 is 0 Å². The number of carboxylic acids is 1. The molecule has 2 amide bonds. The predicted octanol–water partition coefficient (Wildman–Crippen LogP) is 0.0557. The van der Waals surface area contributed by atoms with Crippen LogP contribution in [-0.4, -0.2) is 54.7 Å². The van der Waals surface area contributed by atoms with Crippen LogP contribution in [0.25, 0.3) is 0 Å². The van der Waals surface area contributed by atoms with Gasteiger partial charge in [0.05, 0.1) is 19.1 Å². The molecule has 0 aromatic rings. The highest BCUT2D eigenvalue weighted by molar-refractivity contribution is 5.92. The van der Waals surface area contributed by atoms with E-state index in [1.54, 1.807) is 4.90 Å². The van der Waals surface area contributed by atoms with E-state index in [9.17, 15) is 19.5 Å². The van der Waals surface area contributed by atoms with E-state index in [1.807, 2.05) is 12.2 Å². The number of ether oxygens (including phenoxy) is 1. The molecule has 2 N–H and O–H groups in total. The summed E-state index contributed by atoms with van der Waals surface area (Å²) in [6.07, 6.45) is 0.237. The SMILES string of the molecule is CCC1(C(=O)O)CCN(CC(=O)NC(=O)OC)C1. The Morgan fingerprint density at radius 2 is 2.11 bits per heavy atom. The Labute approximate surface area is 105 Å². The predicted molar refractivity (Wildman–Crippen MR) is 62.0 cm³/mol. The summed E-state index contributed by atoms with van der Waals surface area (Å²) >= 11 is 0. The van der Waals surface area contributed by atoms with Crippen LogP contribution in [0.4, 0.5) is 4.79 Å². The van der Waals surface area contributed by atoms with Gasteiger partial charge in [-0.3, -0.25) is 19.8 Å². The minimum absolute atomic E-state index is 0.00410. The van der Waals surface area contributed by atoms with Crippen molar-refractivity contribution in [2.75, 3.05) is 26.7 Å². The van der Waals surface area contributed by atoms with Crippen LogP contribution in [0.1, 0.15) is 19.8 Å². The number of methoxy groups -OCH3 is 1. The van der Waals surface area contributed by atoms with E-state index in [-0.39, 0.29) is 6.54 Å². The zero-order valence-corrected chi connectivity index (χ0v) is 10.6. The minimum atomic E-state index is -0.833. The first-order chi connectivity index (χ1) is 8.43. The fourth-order valence-electron chi connectivity index (χ4n) is 2.12. The van der Waals surface area contributed by atoms with Crippen LogP contribution in [0.2, 0.25) is 0 Å². The monoisotopic (exact) mass is 258 g/mol. The van der Waals surface area contributed by atoms with E-state index < -0.39 is 23.4 Å². The molecule has 0 aliphatic carbocycles. The normalized spacial score (nSPS) is 23.7. The molecule has 102 valence electrons. The standard InChI is InChI=1S/C11H18N2O5/c1-3-11(9(15)16)4-5-13(7-11)6-8(14)12-10(17)18-2/h3-7H2,1-2H3,(H,15,16)(H,12,14,17). The van der Waals surface area contributed by atoms with Crippen molar-refractivity contribution >= 4 is 18.0 Å². The van der Waals surface area contributed by atoms with E-state index in [0.29, 0.717) is 25.9 Å². The molecular formula is C11H18N2O5. The van der Waals surface area contributed by atoms with Gasteiger partial charge in [-0.15, -0.1) is 0 Å². The number of imide groups is 1. The molecule has 18 heavy (non-hydrogen) atoms. The highest BCUT2D eigenvalue weighted by atomic mass is 16.5. The second-order valence-corrected chi connectivity index (χ2v) is 4.44. The molecule has 1 aliphatic rings. The number of amides is 2. The third kappa shape index (κ3) is 3.19. The summed E-state index contributed by atoms with van der Waals surface area (Å²) in [4.78, 5) is 35.2. The van der Waals surface area contributed by atoms with E-state index in [2.05, 4.69) is 4.74 Å². The molecule has 0 saturated carbocycles. The molecule has 1 heterocycles. The van der Waals surface area contributed by atoms with Crippen LogP contribution in [0.5, 0.6) is 0 Å². The third-order valence-corrected chi connectivity index (χ3v) is 3.36. The van der Waals surface area contributed by atoms with Gasteiger partial charge >= 0.3 is 12.1 Å². The van der Waals surface area contributed by atoms with Gasteiger partial charge in [-0.05, 0) is 19.4 Å². The maximum Gasteiger partial charge on any atom is 0.413 e. The number of carbonyl (C=O) groups is 3. The number of carbonyl (C=O) groups excluding carboxylic acids is 2. The van der Waals surface area contributed by atoms with Crippen LogP contribution in [0.15, 0.2) is 0 Å². The Bertz CT molecular complexity index is 357. The van der Waals surface area contributed by atoms with E-state index in [4.69, 9.17) is 0 Å². The van der Waals surface area contributed by atoms with Crippen molar-refractivity contribution in [1.82, 2.24) is 10.2 Å². The molecule has 0 radical (unpaired) electrons. The van der Waals surface area contributed by atoms with Crippen molar-refractivity contribution in [2.24, 2.45) is 5.41 Å². The molecular weight excluding hydrogens is 240 g/mol. The quantitative estimate of drug-likeness (QED) is 0.740. The molecule has 7 nitrogen and oxygen atoms in total. The van der Waals surface area contributed by atoms with Gasteiger partial charge in [0.1, 0.15) is 0 Å². The maximum atomic E-state index is 11.4. The van der Waals surface area contributed by atoms with E-state index in [0.717, 1.165) is 0 Å². The van der Waals surface area contributed by atoms with Crippen LogP contribution in [0, 0.1) is 5.41 Å². The van der Waals surface area contributed by atoms with Gasteiger partial charge in [0, 0.05) is 6.54 Å². The molecule has 0 bridgehead atoms. The molecule has 7 heteroatoms. The Morgan fingerprint density at radius 3 is 2.56 bits per heavy atom. The molecule has 1 fully saturated rings. The number of alkyl carbamates (subject to hydrolysis) is 1. The average molecular weight is 258 g/mol. The van der Waals surface area contributed by atoms with E-state index in [1.165, 1.54) is 7.11 Å². The fraction of sp³-hybridized carbons (Fsp3) is 0.727. The average Bonchev–Trinajstić information content (AvgIpc) is 2.73. The summed E-state index contributed by atoms with van der Waals surface area (Å²) < 4.78 is 4.30. The van der Waals surface area contributed by atoms with Gasteiger partial charge in [0.2, 0.25) is 5.91 Å². The minimum Gasteiger partial charge on any atom is -0.481 e. The summed E-state index contributed by atoms with van der Waals surface area (Å²) in [6, 6.07) is 0. The lowest BCUT2D eigenvalue weighted by molar-refractivity contribution is -0.148. The number of likely N-dealkylation sites (tertiary alicyclic amines) is 1. The van der Waals surface area contributed by atoms with Gasteiger partial charge in [0.25, 0.3) is 0 Å². The Morgan fingerprint density at radius 1 is 1.44 bits per heavy atom. The summed E-state index contributed by atoms with van der Waals surface area (Å²) in [5, 5.41) is 11.2. The number of nitrogens with zero attached hydrogens (tertiary/aromatic N) is 1. The highest BCUT2D eigenvalue weighted by Gasteiger charge is 2.43.